The molecule has 0 aliphatic rings. The van der Waals surface area contributed by atoms with E-state index in [1.165, 1.54) is 0 Å². The molecule has 1 aromatic carbocycles. The largest absolute Gasteiger partial charge is 0.126 e. The van der Waals surface area contributed by atoms with Gasteiger partial charge in [-0.05, 0) is 30.2 Å². The minimum atomic E-state index is 0.607. The molecule has 0 spiro atoms. The van der Waals surface area contributed by atoms with Crippen LogP contribution in [0.15, 0.2) is 22.7 Å². The van der Waals surface area contributed by atoms with E-state index in [9.17, 15) is 0 Å². The monoisotopic (exact) mass is 252 g/mol. The number of halogens is 3. The molecule has 0 aliphatic heterocycles. The van der Waals surface area contributed by atoms with Crippen LogP contribution < -0.4 is 0 Å². The summed E-state index contributed by atoms with van der Waals surface area (Å²) >= 11 is 14.8. The summed E-state index contributed by atoms with van der Waals surface area (Å²) < 4.78 is 1.04. The van der Waals surface area contributed by atoms with Gasteiger partial charge in [-0.15, -0.1) is 11.6 Å². The third-order valence-corrected chi connectivity index (χ3v) is 2.42. The number of rotatable bonds is 2. The molecule has 0 saturated heterocycles. The zero-order chi connectivity index (χ0) is 8.27. The van der Waals surface area contributed by atoms with E-state index in [-0.39, 0.29) is 0 Å². The van der Waals surface area contributed by atoms with Gasteiger partial charge in [0.1, 0.15) is 0 Å². The molecule has 0 radical (unpaired) electrons. The highest BCUT2D eigenvalue weighted by Gasteiger charge is 1.99. The third kappa shape index (κ3) is 2.66. The van der Waals surface area contributed by atoms with Gasteiger partial charge in [0.15, 0.2) is 0 Å². The summed E-state index contributed by atoms with van der Waals surface area (Å²) in [5.74, 6) is 0.607. The predicted molar refractivity (Wildman–Crippen MR) is 53.6 cm³/mol. The fraction of sp³-hybridized carbons (Fsp3) is 0.250. The summed E-state index contributed by atoms with van der Waals surface area (Å²) in [6.07, 6.45) is 0.819. The van der Waals surface area contributed by atoms with E-state index in [4.69, 9.17) is 23.2 Å². The van der Waals surface area contributed by atoms with Crippen molar-refractivity contribution in [3.05, 3.63) is 33.3 Å². The van der Waals surface area contributed by atoms with Crippen LogP contribution in [0.3, 0.4) is 0 Å². The van der Waals surface area contributed by atoms with Gasteiger partial charge in [0, 0.05) is 15.4 Å². The Kier molecular flexibility index (Phi) is 3.70. The van der Waals surface area contributed by atoms with Gasteiger partial charge in [0.25, 0.3) is 0 Å². The van der Waals surface area contributed by atoms with Gasteiger partial charge in [0.05, 0.1) is 0 Å². The van der Waals surface area contributed by atoms with Crippen LogP contribution in [-0.2, 0) is 6.42 Å². The van der Waals surface area contributed by atoms with Crippen molar-refractivity contribution < 1.29 is 0 Å². The Morgan fingerprint density at radius 2 is 2.09 bits per heavy atom. The molecule has 11 heavy (non-hydrogen) atoms. The number of alkyl halides is 1. The minimum Gasteiger partial charge on any atom is -0.126 e. The Labute approximate surface area is 84.6 Å². The lowest BCUT2D eigenvalue weighted by molar-refractivity contribution is 1.15. The molecular weight excluding hydrogens is 247 g/mol. The standard InChI is InChI=1S/C8H7BrCl2/c9-7-1-2-8(11)6(5-7)3-4-10/h1-2,5H,3-4H2. The molecule has 0 heterocycles. The van der Waals surface area contributed by atoms with Gasteiger partial charge in [-0.1, -0.05) is 27.5 Å². The van der Waals surface area contributed by atoms with E-state index in [1.807, 2.05) is 18.2 Å². The van der Waals surface area contributed by atoms with Crippen LogP contribution in [0, 0.1) is 0 Å². The summed E-state index contributed by atoms with van der Waals surface area (Å²) in [4.78, 5) is 0. The summed E-state index contributed by atoms with van der Waals surface area (Å²) in [7, 11) is 0. The fourth-order valence-electron chi connectivity index (χ4n) is 0.837. The maximum absolute atomic E-state index is 5.90. The average Bonchev–Trinajstić information content (AvgIpc) is 1.98. The van der Waals surface area contributed by atoms with E-state index >= 15 is 0 Å². The summed E-state index contributed by atoms with van der Waals surface area (Å²) in [5, 5.41) is 0.786. The lowest BCUT2D eigenvalue weighted by Gasteiger charge is -2.01. The van der Waals surface area contributed by atoms with Gasteiger partial charge < -0.3 is 0 Å². The predicted octanol–water partition coefficient (Wildman–Crippen LogP) is 3.88. The van der Waals surface area contributed by atoms with Gasteiger partial charge in [0.2, 0.25) is 0 Å². The fourth-order valence-corrected chi connectivity index (χ4v) is 1.66. The quantitative estimate of drug-likeness (QED) is 0.702. The normalized spacial score (nSPS) is 10.1. The van der Waals surface area contributed by atoms with E-state index in [1.54, 1.807) is 0 Å². The van der Waals surface area contributed by atoms with Gasteiger partial charge in [-0.2, -0.15) is 0 Å². The van der Waals surface area contributed by atoms with Crippen LogP contribution in [-0.4, -0.2) is 5.88 Å². The molecule has 0 atom stereocenters. The van der Waals surface area contributed by atoms with E-state index in [0.717, 1.165) is 21.5 Å². The highest BCUT2D eigenvalue weighted by Crippen LogP contribution is 2.21. The molecule has 1 aromatic rings. The first-order valence-corrected chi connectivity index (χ1v) is 4.94. The Hall–Kier alpha value is 0.280. The molecule has 1 rings (SSSR count). The van der Waals surface area contributed by atoms with Crippen molar-refractivity contribution in [1.29, 1.82) is 0 Å². The third-order valence-electron chi connectivity index (χ3n) is 1.37. The second-order valence-corrected chi connectivity index (χ2v) is 3.88. The molecule has 0 aromatic heterocycles. The van der Waals surface area contributed by atoms with Crippen molar-refractivity contribution in [2.75, 3.05) is 5.88 Å². The molecule has 0 N–H and O–H groups in total. The van der Waals surface area contributed by atoms with Crippen LogP contribution >= 0.6 is 39.1 Å². The molecular formula is C8H7BrCl2. The van der Waals surface area contributed by atoms with E-state index < -0.39 is 0 Å². The number of aryl methyl sites for hydroxylation is 1. The van der Waals surface area contributed by atoms with Crippen molar-refractivity contribution in [3.8, 4) is 0 Å². The van der Waals surface area contributed by atoms with Gasteiger partial charge in [-0.3, -0.25) is 0 Å². The molecule has 0 unspecified atom stereocenters. The van der Waals surface area contributed by atoms with Crippen molar-refractivity contribution >= 4 is 39.1 Å². The Balaban J connectivity index is 2.93. The van der Waals surface area contributed by atoms with Gasteiger partial charge in [-0.25, -0.2) is 0 Å². The van der Waals surface area contributed by atoms with E-state index in [2.05, 4.69) is 15.9 Å². The van der Waals surface area contributed by atoms with E-state index in [0.29, 0.717) is 5.88 Å². The van der Waals surface area contributed by atoms with Gasteiger partial charge >= 0.3 is 0 Å². The smallest absolute Gasteiger partial charge is 0.0439 e. The minimum absolute atomic E-state index is 0.607. The molecule has 0 aliphatic carbocycles. The molecule has 0 nitrogen and oxygen atoms in total. The molecule has 0 saturated carbocycles. The summed E-state index contributed by atoms with van der Waals surface area (Å²) in [6.45, 7) is 0. The Morgan fingerprint density at radius 1 is 1.36 bits per heavy atom. The van der Waals surface area contributed by atoms with Crippen molar-refractivity contribution in [3.63, 3.8) is 0 Å². The van der Waals surface area contributed by atoms with Crippen LogP contribution in [0.2, 0.25) is 5.02 Å². The number of benzene rings is 1. The number of hydrogen-bond donors (Lipinski definition) is 0. The summed E-state index contributed by atoms with van der Waals surface area (Å²) in [6, 6.07) is 5.78. The zero-order valence-corrected chi connectivity index (χ0v) is 8.88. The first-order valence-electron chi connectivity index (χ1n) is 3.24. The highest BCUT2D eigenvalue weighted by molar-refractivity contribution is 9.10. The summed E-state index contributed by atoms with van der Waals surface area (Å²) in [5.41, 5.74) is 1.09. The van der Waals surface area contributed by atoms with Crippen LogP contribution in [0.25, 0.3) is 0 Å². The first kappa shape index (κ1) is 9.37. The average molecular weight is 254 g/mol. The zero-order valence-electron chi connectivity index (χ0n) is 5.78. The van der Waals surface area contributed by atoms with Crippen molar-refractivity contribution in [2.24, 2.45) is 0 Å². The lowest BCUT2D eigenvalue weighted by atomic mass is 10.2. The number of hydrogen-bond acceptors (Lipinski definition) is 0. The van der Waals surface area contributed by atoms with Crippen LogP contribution in [0.4, 0.5) is 0 Å². The molecule has 3 heteroatoms. The molecule has 0 amide bonds. The SMILES string of the molecule is ClCCc1cc(Br)ccc1Cl. The Morgan fingerprint density at radius 3 is 2.73 bits per heavy atom. The van der Waals surface area contributed by atoms with Crippen LogP contribution in [0.1, 0.15) is 5.56 Å². The van der Waals surface area contributed by atoms with Crippen molar-refractivity contribution in [2.45, 2.75) is 6.42 Å². The van der Waals surface area contributed by atoms with Crippen molar-refractivity contribution in [1.82, 2.24) is 0 Å². The maximum Gasteiger partial charge on any atom is 0.0439 e. The maximum atomic E-state index is 5.90. The lowest BCUT2D eigenvalue weighted by Crippen LogP contribution is -1.86. The molecule has 0 fully saturated rings. The molecule has 60 valence electrons. The second-order valence-electron chi connectivity index (χ2n) is 2.17. The van der Waals surface area contributed by atoms with Crippen LogP contribution in [0.5, 0.6) is 0 Å². The Bertz CT molecular complexity index is 248. The second kappa shape index (κ2) is 4.34. The molecule has 0 bridgehead atoms. The first-order chi connectivity index (χ1) is 5.24. The highest BCUT2D eigenvalue weighted by atomic mass is 79.9. The topological polar surface area (TPSA) is 0 Å².